The summed E-state index contributed by atoms with van der Waals surface area (Å²) >= 11 is 6.69. The van der Waals surface area contributed by atoms with Gasteiger partial charge >= 0.3 is 0 Å². The van der Waals surface area contributed by atoms with Crippen molar-refractivity contribution in [3.05, 3.63) is 69.5 Å². The number of benzene rings is 2. The molecule has 0 aliphatic rings. The third-order valence-electron chi connectivity index (χ3n) is 3.31. The van der Waals surface area contributed by atoms with Crippen LogP contribution in [-0.4, -0.2) is 4.98 Å². The zero-order valence-electron chi connectivity index (χ0n) is 12.4. The highest BCUT2D eigenvalue weighted by Crippen LogP contribution is 2.29. The summed E-state index contributed by atoms with van der Waals surface area (Å²) in [5, 5.41) is 13.4. The Morgan fingerprint density at radius 3 is 2.43 bits per heavy atom. The molecule has 0 spiro atoms. The number of hydrogen-bond donors (Lipinski definition) is 1. The molecule has 0 aliphatic heterocycles. The van der Waals surface area contributed by atoms with Crippen molar-refractivity contribution in [2.75, 3.05) is 5.32 Å². The number of aryl methyl sites for hydroxylation is 1. The molecule has 1 heterocycles. The van der Waals surface area contributed by atoms with Gasteiger partial charge in [0.15, 0.2) is 5.13 Å². The third-order valence-corrected chi connectivity index (χ3v) is 4.54. The lowest BCUT2D eigenvalue weighted by molar-refractivity contribution is 1.32. The zero-order chi connectivity index (χ0) is 16.2. The molecular weight excluding hydrogens is 322 g/mol. The van der Waals surface area contributed by atoms with Gasteiger partial charge in [0.05, 0.1) is 5.69 Å². The van der Waals surface area contributed by atoms with Crippen molar-refractivity contribution in [2.45, 2.75) is 6.92 Å². The fraction of sp³-hybridized carbons (Fsp3) is 0.0556. The van der Waals surface area contributed by atoms with Crippen LogP contribution in [0.1, 0.15) is 11.1 Å². The maximum atomic E-state index is 9.43. The highest BCUT2D eigenvalue weighted by molar-refractivity contribution is 7.73. The van der Waals surface area contributed by atoms with Gasteiger partial charge in [0.1, 0.15) is 15.5 Å². The molecule has 0 saturated heterocycles. The predicted octanol–water partition coefficient (Wildman–Crippen LogP) is 5.46. The predicted molar refractivity (Wildman–Crippen MR) is 97.6 cm³/mol. The van der Waals surface area contributed by atoms with E-state index in [2.05, 4.69) is 16.4 Å². The Kier molecular flexibility index (Phi) is 4.47. The minimum absolute atomic E-state index is 0.451. The SMILES string of the molecule is Cc1ccc(-c2nc(Nc3ccccc3)sc(=S)c2C#N)cc1. The molecule has 0 radical (unpaired) electrons. The lowest BCUT2D eigenvalue weighted by Gasteiger charge is -2.09. The van der Waals surface area contributed by atoms with E-state index < -0.39 is 0 Å². The molecule has 112 valence electrons. The van der Waals surface area contributed by atoms with E-state index in [4.69, 9.17) is 12.2 Å². The Hall–Kier alpha value is -2.55. The van der Waals surface area contributed by atoms with Gasteiger partial charge in [-0.15, -0.1) is 0 Å². The van der Waals surface area contributed by atoms with Gasteiger partial charge in [0.2, 0.25) is 0 Å². The molecule has 0 fully saturated rings. The molecule has 5 heteroatoms. The van der Waals surface area contributed by atoms with Crippen LogP contribution < -0.4 is 5.32 Å². The average molecular weight is 335 g/mol. The quantitative estimate of drug-likeness (QED) is 0.645. The van der Waals surface area contributed by atoms with E-state index in [1.807, 2.05) is 61.5 Å². The lowest BCUT2D eigenvalue weighted by atomic mass is 10.1. The normalized spacial score (nSPS) is 10.1. The van der Waals surface area contributed by atoms with Crippen LogP contribution in [0.25, 0.3) is 11.3 Å². The van der Waals surface area contributed by atoms with Gasteiger partial charge in [0, 0.05) is 11.3 Å². The molecule has 0 aliphatic carbocycles. The van der Waals surface area contributed by atoms with Crippen molar-refractivity contribution < 1.29 is 0 Å². The van der Waals surface area contributed by atoms with Crippen LogP contribution in [0.4, 0.5) is 10.8 Å². The van der Waals surface area contributed by atoms with E-state index in [0.29, 0.717) is 20.2 Å². The standard InChI is InChI=1S/C18H13N3S2/c1-12-7-9-13(10-8-12)16-15(11-19)17(22)23-18(21-16)20-14-5-3-2-4-6-14/h2-10H,1H3,(H,20,21). The molecule has 0 unspecified atom stereocenters. The summed E-state index contributed by atoms with van der Waals surface area (Å²) in [4.78, 5) is 4.62. The number of nitrogens with zero attached hydrogens (tertiary/aromatic N) is 2. The number of rotatable bonds is 3. The first-order chi connectivity index (χ1) is 11.2. The van der Waals surface area contributed by atoms with Crippen molar-refractivity contribution in [2.24, 2.45) is 0 Å². The third kappa shape index (κ3) is 3.45. The summed E-state index contributed by atoms with van der Waals surface area (Å²) in [5.74, 6) is 0. The molecule has 2 aromatic carbocycles. The largest absolute Gasteiger partial charge is 0.332 e. The highest BCUT2D eigenvalue weighted by atomic mass is 32.1. The first-order valence-corrected chi connectivity index (χ1v) is 8.24. The maximum absolute atomic E-state index is 9.43. The summed E-state index contributed by atoms with van der Waals surface area (Å²) < 4.78 is 0.538. The first kappa shape index (κ1) is 15.3. The van der Waals surface area contributed by atoms with Gasteiger partial charge in [-0.25, -0.2) is 4.98 Å². The number of para-hydroxylation sites is 1. The van der Waals surface area contributed by atoms with Crippen molar-refractivity contribution in [1.29, 1.82) is 5.26 Å². The molecule has 0 atom stereocenters. The van der Waals surface area contributed by atoms with E-state index in [9.17, 15) is 5.26 Å². The van der Waals surface area contributed by atoms with Crippen LogP contribution in [0, 0.1) is 22.1 Å². The number of nitrogens with one attached hydrogen (secondary N) is 1. The van der Waals surface area contributed by atoms with E-state index in [-0.39, 0.29) is 0 Å². The number of aromatic nitrogens is 1. The second-order valence-electron chi connectivity index (χ2n) is 5.00. The summed E-state index contributed by atoms with van der Waals surface area (Å²) in [5.41, 5.74) is 4.06. The number of nitriles is 1. The van der Waals surface area contributed by atoms with Crippen LogP contribution in [0.5, 0.6) is 0 Å². The van der Waals surface area contributed by atoms with E-state index in [0.717, 1.165) is 16.8 Å². The van der Waals surface area contributed by atoms with Crippen molar-refractivity contribution in [1.82, 2.24) is 4.98 Å². The van der Waals surface area contributed by atoms with Crippen LogP contribution in [0.3, 0.4) is 0 Å². The second kappa shape index (κ2) is 6.69. The van der Waals surface area contributed by atoms with E-state index >= 15 is 0 Å². The van der Waals surface area contributed by atoms with Crippen molar-refractivity contribution in [3.8, 4) is 17.3 Å². The summed E-state index contributed by atoms with van der Waals surface area (Å²) in [6.45, 7) is 2.02. The Morgan fingerprint density at radius 1 is 1.09 bits per heavy atom. The highest BCUT2D eigenvalue weighted by Gasteiger charge is 2.12. The molecule has 3 nitrogen and oxygen atoms in total. The minimum atomic E-state index is 0.451. The van der Waals surface area contributed by atoms with Gasteiger partial charge in [-0.05, 0) is 19.1 Å². The van der Waals surface area contributed by atoms with Crippen molar-refractivity contribution >= 4 is 34.4 Å². The lowest BCUT2D eigenvalue weighted by Crippen LogP contribution is -1.96. The molecule has 1 aromatic heterocycles. The Labute approximate surface area is 143 Å². The maximum Gasteiger partial charge on any atom is 0.189 e. The molecule has 0 bridgehead atoms. The fourth-order valence-corrected chi connectivity index (χ4v) is 3.24. The Morgan fingerprint density at radius 2 is 1.78 bits per heavy atom. The topological polar surface area (TPSA) is 48.7 Å². The smallest absolute Gasteiger partial charge is 0.189 e. The Bertz CT molecular complexity index is 923. The molecule has 1 N–H and O–H groups in total. The van der Waals surface area contributed by atoms with Gasteiger partial charge in [-0.3, -0.25) is 0 Å². The molecule has 0 amide bonds. The Balaban J connectivity index is 2.09. The molecule has 0 saturated carbocycles. The fourth-order valence-electron chi connectivity index (χ4n) is 2.13. The second-order valence-corrected chi connectivity index (χ2v) is 6.66. The zero-order valence-corrected chi connectivity index (χ0v) is 14.0. The first-order valence-electron chi connectivity index (χ1n) is 7.02. The van der Waals surface area contributed by atoms with E-state index in [1.54, 1.807) is 0 Å². The van der Waals surface area contributed by atoms with Gasteiger partial charge in [0.25, 0.3) is 0 Å². The van der Waals surface area contributed by atoms with Crippen LogP contribution >= 0.6 is 23.6 Å². The van der Waals surface area contributed by atoms with Crippen LogP contribution in [-0.2, 0) is 0 Å². The van der Waals surface area contributed by atoms with Gasteiger partial charge < -0.3 is 5.32 Å². The molecular formula is C18H13N3S2. The average Bonchev–Trinajstić information content (AvgIpc) is 2.56. The van der Waals surface area contributed by atoms with Gasteiger partial charge in [-0.1, -0.05) is 71.6 Å². The number of hydrogen-bond acceptors (Lipinski definition) is 5. The van der Waals surface area contributed by atoms with Crippen molar-refractivity contribution in [3.63, 3.8) is 0 Å². The van der Waals surface area contributed by atoms with E-state index in [1.165, 1.54) is 11.3 Å². The molecule has 3 rings (SSSR count). The van der Waals surface area contributed by atoms with Crippen LogP contribution in [0.15, 0.2) is 54.6 Å². The van der Waals surface area contributed by atoms with Crippen LogP contribution in [0.2, 0.25) is 0 Å². The summed E-state index contributed by atoms with van der Waals surface area (Å²) in [7, 11) is 0. The monoisotopic (exact) mass is 335 g/mol. The molecule has 3 aromatic rings. The number of anilines is 2. The molecule has 23 heavy (non-hydrogen) atoms. The summed E-state index contributed by atoms with van der Waals surface area (Å²) in [6.07, 6.45) is 0. The van der Waals surface area contributed by atoms with Gasteiger partial charge in [-0.2, -0.15) is 5.26 Å². The summed E-state index contributed by atoms with van der Waals surface area (Å²) in [6, 6.07) is 19.9. The minimum Gasteiger partial charge on any atom is -0.332 e.